The summed E-state index contributed by atoms with van der Waals surface area (Å²) >= 11 is 14.5. The van der Waals surface area contributed by atoms with Gasteiger partial charge < -0.3 is 4.74 Å². The quantitative estimate of drug-likeness (QED) is 0.433. The standard InChI is InChI=1S/C25H21Cl2NO2S/c26-22-14-20(15-23(27)24(22)30-17-19-9-5-2-6-10-19)25(29)28-11-12-31-21(16-28)13-18-7-3-1-4-8-18/h1-3,5-7,9-12,14-16H,4,8,13,17H2. The summed E-state index contributed by atoms with van der Waals surface area (Å²) in [5, 5.41) is 2.54. The lowest BCUT2D eigenvalue weighted by Crippen LogP contribution is -2.21. The number of rotatable bonds is 6. The van der Waals surface area contributed by atoms with Crippen molar-refractivity contribution in [1.29, 1.82) is 0 Å². The second-order valence-electron chi connectivity index (χ2n) is 7.22. The molecule has 1 aliphatic heterocycles. The van der Waals surface area contributed by atoms with E-state index in [1.54, 1.807) is 35.0 Å². The molecule has 6 heteroatoms. The minimum Gasteiger partial charge on any atom is -0.486 e. The van der Waals surface area contributed by atoms with Crippen molar-refractivity contribution in [2.75, 3.05) is 0 Å². The first-order chi connectivity index (χ1) is 15.1. The zero-order valence-corrected chi connectivity index (χ0v) is 19.1. The molecule has 31 heavy (non-hydrogen) atoms. The molecule has 0 atom stereocenters. The van der Waals surface area contributed by atoms with E-state index in [1.165, 1.54) is 5.57 Å². The fraction of sp³-hybridized carbons (Fsp3) is 0.160. The molecule has 1 heterocycles. The minimum atomic E-state index is -0.190. The minimum absolute atomic E-state index is 0.190. The smallest absolute Gasteiger partial charge is 0.262 e. The lowest BCUT2D eigenvalue weighted by Gasteiger charge is -2.21. The van der Waals surface area contributed by atoms with E-state index in [2.05, 4.69) is 18.2 Å². The molecule has 0 N–H and O–H groups in total. The second-order valence-corrected chi connectivity index (χ2v) is 9.07. The molecule has 0 fully saturated rings. The Bertz CT molecular complexity index is 1070. The van der Waals surface area contributed by atoms with Gasteiger partial charge in [-0.15, -0.1) is 0 Å². The Labute approximate surface area is 196 Å². The van der Waals surface area contributed by atoms with Crippen LogP contribution in [0.15, 0.2) is 89.0 Å². The number of thioether (sulfide) groups is 1. The van der Waals surface area contributed by atoms with Gasteiger partial charge in [-0.1, -0.05) is 89.1 Å². The number of hydrogen-bond donors (Lipinski definition) is 0. The molecule has 0 bridgehead atoms. The molecule has 0 radical (unpaired) electrons. The Balaban J connectivity index is 1.47. The van der Waals surface area contributed by atoms with Crippen molar-refractivity contribution in [3.05, 3.63) is 110 Å². The third kappa shape index (κ3) is 5.65. The van der Waals surface area contributed by atoms with E-state index in [-0.39, 0.29) is 5.91 Å². The largest absolute Gasteiger partial charge is 0.486 e. The maximum atomic E-state index is 13.1. The molecule has 1 amide bonds. The lowest BCUT2D eigenvalue weighted by atomic mass is 10.0. The van der Waals surface area contributed by atoms with Crippen LogP contribution in [0.3, 0.4) is 0 Å². The number of hydrogen-bond acceptors (Lipinski definition) is 3. The first-order valence-electron chi connectivity index (χ1n) is 9.97. The molecule has 0 saturated heterocycles. The number of halogens is 2. The van der Waals surface area contributed by atoms with Gasteiger partial charge in [0, 0.05) is 29.3 Å². The van der Waals surface area contributed by atoms with Crippen molar-refractivity contribution >= 4 is 40.9 Å². The summed E-state index contributed by atoms with van der Waals surface area (Å²) in [4.78, 5) is 15.8. The Morgan fingerprint density at radius 3 is 2.61 bits per heavy atom. The van der Waals surface area contributed by atoms with Crippen LogP contribution >= 0.6 is 35.0 Å². The fourth-order valence-corrected chi connectivity index (χ4v) is 4.76. The molecule has 158 valence electrons. The highest BCUT2D eigenvalue weighted by Crippen LogP contribution is 2.36. The summed E-state index contributed by atoms with van der Waals surface area (Å²) < 4.78 is 5.81. The van der Waals surface area contributed by atoms with E-state index in [1.807, 2.05) is 41.9 Å². The van der Waals surface area contributed by atoms with Gasteiger partial charge in [-0.2, -0.15) is 0 Å². The van der Waals surface area contributed by atoms with Gasteiger partial charge in [0.25, 0.3) is 5.91 Å². The molecule has 2 aromatic carbocycles. The van der Waals surface area contributed by atoms with Gasteiger partial charge >= 0.3 is 0 Å². The van der Waals surface area contributed by atoms with Gasteiger partial charge in [-0.05, 0) is 35.9 Å². The first-order valence-corrected chi connectivity index (χ1v) is 11.6. The Kier molecular flexibility index (Phi) is 7.23. The van der Waals surface area contributed by atoms with Gasteiger partial charge in [0.2, 0.25) is 0 Å². The van der Waals surface area contributed by atoms with Crippen molar-refractivity contribution in [2.24, 2.45) is 0 Å². The van der Waals surface area contributed by atoms with Crippen LogP contribution in [0.2, 0.25) is 10.0 Å². The van der Waals surface area contributed by atoms with Crippen molar-refractivity contribution in [3.63, 3.8) is 0 Å². The maximum absolute atomic E-state index is 13.1. The van der Waals surface area contributed by atoms with Gasteiger partial charge in [0.15, 0.2) is 5.75 Å². The van der Waals surface area contributed by atoms with Crippen LogP contribution in [0.4, 0.5) is 0 Å². The average Bonchev–Trinajstić information content (AvgIpc) is 2.79. The molecule has 0 aromatic heterocycles. The summed E-state index contributed by atoms with van der Waals surface area (Å²) in [6.07, 6.45) is 13.0. The maximum Gasteiger partial charge on any atom is 0.262 e. The highest BCUT2D eigenvalue weighted by molar-refractivity contribution is 8.05. The van der Waals surface area contributed by atoms with E-state index in [0.29, 0.717) is 28.0 Å². The fourth-order valence-electron chi connectivity index (χ4n) is 3.35. The topological polar surface area (TPSA) is 29.5 Å². The predicted molar refractivity (Wildman–Crippen MR) is 129 cm³/mol. The molecule has 0 spiro atoms. The molecular weight excluding hydrogens is 449 g/mol. The molecule has 0 unspecified atom stereocenters. The second kappa shape index (κ2) is 10.3. The number of allylic oxidation sites excluding steroid dienone is 5. The highest BCUT2D eigenvalue weighted by atomic mass is 35.5. The Hall–Kier alpha value is -2.40. The third-order valence-electron chi connectivity index (χ3n) is 4.93. The van der Waals surface area contributed by atoms with E-state index >= 15 is 0 Å². The number of nitrogens with zero attached hydrogens (tertiary/aromatic N) is 1. The van der Waals surface area contributed by atoms with Crippen LogP contribution in [0.1, 0.15) is 35.2 Å². The Morgan fingerprint density at radius 2 is 1.90 bits per heavy atom. The molecule has 1 aliphatic carbocycles. The molecule has 2 aliphatic rings. The number of amides is 1. The lowest BCUT2D eigenvalue weighted by molar-refractivity contribution is 0.0869. The number of carbonyl (C=O) groups excluding carboxylic acids is 1. The van der Waals surface area contributed by atoms with Crippen LogP contribution in [-0.4, -0.2) is 10.8 Å². The van der Waals surface area contributed by atoms with Crippen LogP contribution in [0, 0.1) is 0 Å². The number of ether oxygens (including phenoxy) is 1. The average molecular weight is 470 g/mol. The molecular formula is C25H21Cl2NO2S. The SMILES string of the molecule is O=C(c1cc(Cl)c(OCc2ccccc2)c(Cl)c1)N1C=CSC(CC2=CC=CCC2)=C1. The van der Waals surface area contributed by atoms with Crippen LogP contribution < -0.4 is 4.74 Å². The summed E-state index contributed by atoms with van der Waals surface area (Å²) in [5.41, 5.74) is 2.79. The van der Waals surface area contributed by atoms with Gasteiger partial charge in [-0.25, -0.2) is 0 Å². The number of benzene rings is 2. The van der Waals surface area contributed by atoms with Crippen molar-refractivity contribution in [1.82, 2.24) is 4.90 Å². The molecule has 0 saturated carbocycles. The molecule has 4 rings (SSSR count). The van der Waals surface area contributed by atoms with Crippen LogP contribution in [0.25, 0.3) is 0 Å². The third-order valence-corrected chi connectivity index (χ3v) is 6.30. The normalized spacial score (nSPS) is 15.5. The Morgan fingerprint density at radius 1 is 1.13 bits per heavy atom. The zero-order chi connectivity index (χ0) is 21.6. The van der Waals surface area contributed by atoms with Crippen molar-refractivity contribution in [2.45, 2.75) is 25.9 Å². The van der Waals surface area contributed by atoms with E-state index in [9.17, 15) is 4.79 Å². The van der Waals surface area contributed by atoms with Crippen molar-refractivity contribution in [3.8, 4) is 5.75 Å². The van der Waals surface area contributed by atoms with Crippen LogP contribution in [-0.2, 0) is 6.61 Å². The summed E-state index contributed by atoms with van der Waals surface area (Å²) in [6, 6.07) is 13.0. The van der Waals surface area contributed by atoms with E-state index in [0.717, 1.165) is 29.7 Å². The highest BCUT2D eigenvalue weighted by Gasteiger charge is 2.20. The zero-order valence-electron chi connectivity index (χ0n) is 16.8. The summed E-state index contributed by atoms with van der Waals surface area (Å²) in [6.45, 7) is 0.344. The predicted octanol–water partition coefficient (Wildman–Crippen LogP) is 7.74. The van der Waals surface area contributed by atoms with E-state index < -0.39 is 0 Å². The van der Waals surface area contributed by atoms with Gasteiger partial charge in [-0.3, -0.25) is 9.69 Å². The van der Waals surface area contributed by atoms with Gasteiger partial charge in [0.05, 0.1) is 10.0 Å². The summed E-state index contributed by atoms with van der Waals surface area (Å²) in [5.74, 6) is 0.187. The molecule has 2 aromatic rings. The van der Waals surface area contributed by atoms with Crippen LogP contribution in [0.5, 0.6) is 5.75 Å². The molecule has 3 nitrogen and oxygen atoms in total. The number of carbonyl (C=O) groups is 1. The van der Waals surface area contributed by atoms with Gasteiger partial charge in [0.1, 0.15) is 6.61 Å². The van der Waals surface area contributed by atoms with Crippen molar-refractivity contribution < 1.29 is 9.53 Å². The monoisotopic (exact) mass is 469 g/mol. The first kappa shape index (κ1) is 21.8. The summed E-state index contributed by atoms with van der Waals surface area (Å²) in [7, 11) is 0. The van der Waals surface area contributed by atoms with E-state index in [4.69, 9.17) is 27.9 Å².